The van der Waals surface area contributed by atoms with Crippen molar-refractivity contribution in [2.45, 2.75) is 0 Å². The first kappa shape index (κ1) is 14.9. The van der Waals surface area contributed by atoms with E-state index in [1.807, 2.05) is 78.9 Å². The standard InChI is InChI=1S/C20H17NO2/c1-23-19-10-6-5-9-18(19)21-17-13-11-16(12-14-17)20(22)15-7-3-2-4-8-15/h2-14,21H,1H3. The third kappa shape index (κ3) is 3.40. The molecular formula is C20H17NO2. The Morgan fingerprint density at radius 1 is 0.783 bits per heavy atom. The maximum Gasteiger partial charge on any atom is 0.193 e. The van der Waals surface area contributed by atoms with Crippen LogP contribution in [-0.4, -0.2) is 12.9 Å². The first-order valence-electron chi connectivity index (χ1n) is 7.38. The number of hydrogen-bond acceptors (Lipinski definition) is 3. The van der Waals surface area contributed by atoms with Gasteiger partial charge in [0, 0.05) is 16.8 Å². The van der Waals surface area contributed by atoms with Crippen LogP contribution in [0.4, 0.5) is 11.4 Å². The maximum absolute atomic E-state index is 12.4. The second-order valence-corrected chi connectivity index (χ2v) is 5.10. The second kappa shape index (κ2) is 6.79. The highest BCUT2D eigenvalue weighted by Crippen LogP contribution is 2.27. The summed E-state index contributed by atoms with van der Waals surface area (Å²) in [6.07, 6.45) is 0. The average Bonchev–Trinajstić information content (AvgIpc) is 2.63. The van der Waals surface area contributed by atoms with Crippen LogP contribution in [-0.2, 0) is 0 Å². The van der Waals surface area contributed by atoms with Gasteiger partial charge in [-0.15, -0.1) is 0 Å². The molecule has 3 rings (SSSR count). The zero-order chi connectivity index (χ0) is 16.1. The summed E-state index contributed by atoms with van der Waals surface area (Å²) < 4.78 is 5.32. The summed E-state index contributed by atoms with van der Waals surface area (Å²) in [6, 6.07) is 24.4. The molecule has 23 heavy (non-hydrogen) atoms. The van der Waals surface area contributed by atoms with Crippen molar-refractivity contribution in [1.82, 2.24) is 0 Å². The van der Waals surface area contributed by atoms with Crippen molar-refractivity contribution in [1.29, 1.82) is 0 Å². The quantitative estimate of drug-likeness (QED) is 0.696. The van der Waals surface area contributed by atoms with Gasteiger partial charge in [-0.1, -0.05) is 42.5 Å². The summed E-state index contributed by atoms with van der Waals surface area (Å²) in [5.74, 6) is 0.798. The molecule has 0 saturated carbocycles. The van der Waals surface area contributed by atoms with Crippen LogP contribution in [0.15, 0.2) is 78.9 Å². The molecule has 0 aromatic heterocycles. The molecular weight excluding hydrogens is 286 g/mol. The van der Waals surface area contributed by atoms with Crippen molar-refractivity contribution < 1.29 is 9.53 Å². The maximum atomic E-state index is 12.4. The van der Waals surface area contributed by atoms with E-state index in [4.69, 9.17) is 4.74 Å². The highest BCUT2D eigenvalue weighted by atomic mass is 16.5. The van der Waals surface area contributed by atoms with E-state index < -0.39 is 0 Å². The summed E-state index contributed by atoms with van der Waals surface area (Å²) in [6.45, 7) is 0. The predicted molar refractivity (Wildman–Crippen MR) is 92.6 cm³/mol. The lowest BCUT2D eigenvalue weighted by Crippen LogP contribution is -2.01. The first-order chi connectivity index (χ1) is 11.3. The van der Waals surface area contributed by atoms with E-state index in [0.717, 1.165) is 17.1 Å². The average molecular weight is 303 g/mol. The van der Waals surface area contributed by atoms with Gasteiger partial charge >= 0.3 is 0 Å². The minimum Gasteiger partial charge on any atom is -0.495 e. The molecule has 0 aliphatic heterocycles. The van der Waals surface area contributed by atoms with Crippen LogP contribution in [0.25, 0.3) is 0 Å². The largest absolute Gasteiger partial charge is 0.495 e. The van der Waals surface area contributed by atoms with Crippen molar-refractivity contribution >= 4 is 17.2 Å². The molecule has 0 fully saturated rings. The molecule has 0 amide bonds. The number of carbonyl (C=O) groups is 1. The number of ketones is 1. The summed E-state index contributed by atoms with van der Waals surface area (Å²) in [7, 11) is 1.64. The summed E-state index contributed by atoms with van der Waals surface area (Å²) >= 11 is 0. The molecule has 3 aromatic carbocycles. The number of anilines is 2. The minimum absolute atomic E-state index is 0.0226. The van der Waals surface area contributed by atoms with Gasteiger partial charge < -0.3 is 10.1 Å². The molecule has 0 saturated heterocycles. The zero-order valence-corrected chi connectivity index (χ0v) is 12.8. The van der Waals surface area contributed by atoms with Gasteiger partial charge in [0.05, 0.1) is 12.8 Å². The van der Waals surface area contributed by atoms with Crippen LogP contribution in [0, 0.1) is 0 Å². The van der Waals surface area contributed by atoms with Crippen molar-refractivity contribution in [3.05, 3.63) is 90.0 Å². The van der Waals surface area contributed by atoms with Crippen LogP contribution in [0.3, 0.4) is 0 Å². The Morgan fingerprint density at radius 3 is 2.09 bits per heavy atom. The number of methoxy groups -OCH3 is 1. The van der Waals surface area contributed by atoms with Gasteiger partial charge in [0.15, 0.2) is 5.78 Å². The monoisotopic (exact) mass is 303 g/mol. The number of benzene rings is 3. The molecule has 0 aliphatic rings. The lowest BCUT2D eigenvalue weighted by Gasteiger charge is -2.11. The van der Waals surface area contributed by atoms with Crippen LogP contribution >= 0.6 is 0 Å². The third-order valence-corrected chi connectivity index (χ3v) is 3.57. The van der Waals surface area contributed by atoms with E-state index in [9.17, 15) is 4.79 Å². The number of para-hydroxylation sites is 2. The molecule has 3 nitrogen and oxygen atoms in total. The molecule has 0 aliphatic carbocycles. The van der Waals surface area contributed by atoms with Crippen LogP contribution in [0.1, 0.15) is 15.9 Å². The van der Waals surface area contributed by atoms with Gasteiger partial charge in [-0.3, -0.25) is 4.79 Å². The molecule has 114 valence electrons. The summed E-state index contributed by atoms with van der Waals surface area (Å²) in [5.41, 5.74) is 3.15. The molecule has 0 radical (unpaired) electrons. The molecule has 1 N–H and O–H groups in total. The molecule has 3 heteroatoms. The van der Waals surface area contributed by atoms with E-state index in [1.165, 1.54) is 0 Å². The minimum atomic E-state index is 0.0226. The molecule has 0 unspecified atom stereocenters. The van der Waals surface area contributed by atoms with Gasteiger partial charge in [-0.25, -0.2) is 0 Å². The Morgan fingerprint density at radius 2 is 1.39 bits per heavy atom. The highest BCUT2D eigenvalue weighted by Gasteiger charge is 2.08. The van der Waals surface area contributed by atoms with Gasteiger partial charge in [-0.05, 0) is 36.4 Å². The van der Waals surface area contributed by atoms with Crippen molar-refractivity contribution in [2.24, 2.45) is 0 Å². The van der Waals surface area contributed by atoms with Crippen molar-refractivity contribution in [3.63, 3.8) is 0 Å². The number of hydrogen-bond donors (Lipinski definition) is 1. The predicted octanol–water partition coefficient (Wildman–Crippen LogP) is 4.67. The summed E-state index contributed by atoms with van der Waals surface area (Å²) in [5, 5.41) is 3.29. The van der Waals surface area contributed by atoms with E-state index in [1.54, 1.807) is 7.11 Å². The number of carbonyl (C=O) groups excluding carboxylic acids is 1. The smallest absolute Gasteiger partial charge is 0.193 e. The molecule has 3 aromatic rings. The van der Waals surface area contributed by atoms with E-state index in [0.29, 0.717) is 11.1 Å². The summed E-state index contributed by atoms with van der Waals surface area (Å²) in [4.78, 5) is 12.4. The Hall–Kier alpha value is -3.07. The van der Waals surface area contributed by atoms with E-state index in [-0.39, 0.29) is 5.78 Å². The van der Waals surface area contributed by atoms with Gasteiger partial charge in [0.25, 0.3) is 0 Å². The third-order valence-electron chi connectivity index (χ3n) is 3.57. The van der Waals surface area contributed by atoms with Crippen molar-refractivity contribution in [2.75, 3.05) is 12.4 Å². The Bertz CT molecular complexity index is 795. The fourth-order valence-electron chi connectivity index (χ4n) is 2.36. The van der Waals surface area contributed by atoms with E-state index >= 15 is 0 Å². The molecule has 0 heterocycles. The fraction of sp³-hybridized carbons (Fsp3) is 0.0500. The van der Waals surface area contributed by atoms with Crippen molar-refractivity contribution in [3.8, 4) is 5.75 Å². The molecule has 0 bridgehead atoms. The number of ether oxygens (including phenoxy) is 1. The van der Waals surface area contributed by atoms with Crippen LogP contribution < -0.4 is 10.1 Å². The normalized spacial score (nSPS) is 10.1. The number of rotatable bonds is 5. The topological polar surface area (TPSA) is 38.3 Å². The lowest BCUT2D eigenvalue weighted by molar-refractivity contribution is 0.103. The van der Waals surface area contributed by atoms with Gasteiger partial charge in [0.1, 0.15) is 5.75 Å². The SMILES string of the molecule is COc1ccccc1Nc1ccc(C(=O)c2ccccc2)cc1. The van der Waals surface area contributed by atoms with Crippen LogP contribution in [0.5, 0.6) is 5.75 Å². The lowest BCUT2D eigenvalue weighted by atomic mass is 10.0. The molecule has 0 spiro atoms. The highest BCUT2D eigenvalue weighted by molar-refractivity contribution is 6.09. The van der Waals surface area contributed by atoms with Gasteiger partial charge in [-0.2, -0.15) is 0 Å². The molecule has 0 atom stereocenters. The fourth-order valence-corrected chi connectivity index (χ4v) is 2.36. The number of nitrogens with one attached hydrogen (secondary N) is 1. The Balaban J connectivity index is 1.79. The zero-order valence-electron chi connectivity index (χ0n) is 12.8. The second-order valence-electron chi connectivity index (χ2n) is 5.10. The Labute approximate surface area is 135 Å². The van der Waals surface area contributed by atoms with E-state index in [2.05, 4.69) is 5.32 Å². The van der Waals surface area contributed by atoms with Gasteiger partial charge in [0.2, 0.25) is 0 Å². The Kier molecular flexibility index (Phi) is 4.39. The van der Waals surface area contributed by atoms with Crippen LogP contribution in [0.2, 0.25) is 0 Å². The first-order valence-corrected chi connectivity index (χ1v) is 7.38.